The third-order valence-electron chi connectivity index (χ3n) is 1.31. The van der Waals surface area contributed by atoms with Gasteiger partial charge in [0.15, 0.2) is 0 Å². The first kappa shape index (κ1) is 12.2. The van der Waals surface area contributed by atoms with Crippen LogP contribution in [0, 0.1) is 17.2 Å². The van der Waals surface area contributed by atoms with Gasteiger partial charge in [-0.05, 0) is 12.8 Å². The minimum absolute atomic E-state index is 0.306. The zero-order valence-electron chi connectivity index (χ0n) is 7.65. The molecule has 1 nitrogen and oxygen atoms in total. The Kier molecular flexibility index (Phi) is 13.8. The third kappa shape index (κ3) is 7.49. The lowest BCUT2D eigenvalue weighted by Gasteiger charge is -1.99. The molecule has 0 heterocycles. The molecular formula is C9H19N. The molecule has 0 aliphatic rings. The van der Waals surface area contributed by atoms with Crippen molar-refractivity contribution in [3.05, 3.63) is 0 Å². The molecule has 1 atom stereocenters. The Morgan fingerprint density at radius 1 is 1.30 bits per heavy atom. The van der Waals surface area contributed by atoms with E-state index in [9.17, 15) is 0 Å². The van der Waals surface area contributed by atoms with Crippen LogP contribution in [0.3, 0.4) is 0 Å². The number of rotatable bonds is 3. The summed E-state index contributed by atoms with van der Waals surface area (Å²) in [4.78, 5) is 0. The highest BCUT2D eigenvalue weighted by Gasteiger charge is 1.99. The van der Waals surface area contributed by atoms with Crippen molar-refractivity contribution < 1.29 is 0 Å². The van der Waals surface area contributed by atoms with Gasteiger partial charge in [-0.15, -0.1) is 0 Å². The summed E-state index contributed by atoms with van der Waals surface area (Å²) in [5.74, 6) is 0.306. The second-order valence-corrected chi connectivity index (χ2v) is 2.02. The van der Waals surface area contributed by atoms with Crippen molar-refractivity contribution in [1.82, 2.24) is 0 Å². The SMILES string of the molecule is CC.CCCC(C#N)CC. The molecule has 0 radical (unpaired) electrons. The number of hydrogen-bond acceptors (Lipinski definition) is 1. The first-order valence-electron chi connectivity index (χ1n) is 4.24. The standard InChI is InChI=1S/C7H13N.C2H6/c1-3-5-7(4-2)6-8;1-2/h7H,3-5H2,1-2H3;1-2H3. The summed E-state index contributed by atoms with van der Waals surface area (Å²) in [6.07, 6.45) is 3.20. The molecule has 1 heteroatoms. The van der Waals surface area contributed by atoms with Gasteiger partial charge in [0.25, 0.3) is 0 Å². The molecule has 0 saturated carbocycles. The second-order valence-electron chi connectivity index (χ2n) is 2.02. The molecule has 0 aromatic carbocycles. The molecule has 0 aliphatic heterocycles. The van der Waals surface area contributed by atoms with Gasteiger partial charge in [0, 0.05) is 5.92 Å². The molecule has 0 bridgehead atoms. The molecule has 10 heavy (non-hydrogen) atoms. The number of hydrogen-bond donors (Lipinski definition) is 0. The quantitative estimate of drug-likeness (QED) is 0.591. The molecule has 0 rings (SSSR count). The van der Waals surface area contributed by atoms with Crippen LogP contribution >= 0.6 is 0 Å². The van der Waals surface area contributed by atoms with E-state index in [4.69, 9.17) is 5.26 Å². The van der Waals surface area contributed by atoms with Crippen molar-refractivity contribution in [3.8, 4) is 6.07 Å². The summed E-state index contributed by atoms with van der Waals surface area (Å²) in [6, 6.07) is 2.25. The molecule has 0 aliphatic carbocycles. The Bertz CT molecular complexity index is 81.2. The highest BCUT2D eigenvalue weighted by atomic mass is 14.3. The van der Waals surface area contributed by atoms with E-state index in [-0.39, 0.29) is 0 Å². The van der Waals surface area contributed by atoms with E-state index >= 15 is 0 Å². The van der Waals surface area contributed by atoms with Gasteiger partial charge in [0.1, 0.15) is 0 Å². The maximum Gasteiger partial charge on any atom is 0.0655 e. The van der Waals surface area contributed by atoms with Crippen molar-refractivity contribution >= 4 is 0 Å². The molecule has 0 amide bonds. The van der Waals surface area contributed by atoms with Crippen LogP contribution in [-0.2, 0) is 0 Å². The van der Waals surface area contributed by atoms with Crippen LogP contribution < -0.4 is 0 Å². The van der Waals surface area contributed by atoms with E-state index in [1.165, 1.54) is 0 Å². The Morgan fingerprint density at radius 3 is 1.90 bits per heavy atom. The third-order valence-corrected chi connectivity index (χ3v) is 1.31. The lowest BCUT2D eigenvalue weighted by molar-refractivity contribution is 0.575. The van der Waals surface area contributed by atoms with Crippen LogP contribution in [0.1, 0.15) is 47.0 Å². The lowest BCUT2D eigenvalue weighted by atomic mass is 10.0. The summed E-state index contributed by atoms with van der Waals surface area (Å²) in [6.45, 7) is 8.17. The molecule has 0 N–H and O–H groups in total. The molecule has 0 spiro atoms. The minimum atomic E-state index is 0.306. The minimum Gasteiger partial charge on any atom is -0.198 e. The molecule has 0 aromatic heterocycles. The van der Waals surface area contributed by atoms with Gasteiger partial charge in [-0.3, -0.25) is 0 Å². The van der Waals surface area contributed by atoms with Crippen LogP contribution in [0.5, 0.6) is 0 Å². The van der Waals surface area contributed by atoms with Gasteiger partial charge in [-0.2, -0.15) is 5.26 Å². The predicted molar refractivity (Wildman–Crippen MR) is 45.7 cm³/mol. The van der Waals surface area contributed by atoms with Crippen molar-refractivity contribution in [2.45, 2.75) is 47.0 Å². The van der Waals surface area contributed by atoms with E-state index in [2.05, 4.69) is 19.9 Å². The maximum absolute atomic E-state index is 8.41. The van der Waals surface area contributed by atoms with Gasteiger partial charge in [-0.25, -0.2) is 0 Å². The average molecular weight is 141 g/mol. The van der Waals surface area contributed by atoms with Crippen molar-refractivity contribution in [1.29, 1.82) is 5.26 Å². The summed E-state index contributed by atoms with van der Waals surface area (Å²) >= 11 is 0. The molecule has 0 fully saturated rings. The molecule has 1 unspecified atom stereocenters. The van der Waals surface area contributed by atoms with Gasteiger partial charge >= 0.3 is 0 Å². The first-order valence-corrected chi connectivity index (χ1v) is 4.24. The summed E-state index contributed by atoms with van der Waals surface area (Å²) in [5, 5.41) is 8.41. The van der Waals surface area contributed by atoms with E-state index in [1.54, 1.807) is 0 Å². The van der Waals surface area contributed by atoms with Crippen LogP contribution in [0.4, 0.5) is 0 Å². The van der Waals surface area contributed by atoms with Crippen molar-refractivity contribution in [2.24, 2.45) is 5.92 Å². The number of nitriles is 1. The van der Waals surface area contributed by atoms with Crippen molar-refractivity contribution in [2.75, 3.05) is 0 Å². The zero-order valence-corrected chi connectivity index (χ0v) is 7.65. The molecule has 0 aromatic rings. The molecule has 0 saturated heterocycles. The molecular weight excluding hydrogens is 122 g/mol. The van der Waals surface area contributed by atoms with Gasteiger partial charge in [-0.1, -0.05) is 34.1 Å². The maximum atomic E-state index is 8.41. The van der Waals surface area contributed by atoms with E-state index in [0.717, 1.165) is 19.3 Å². The fraction of sp³-hybridized carbons (Fsp3) is 0.889. The van der Waals surface area contributed by atoms with Crippen molar-refractivity contribution in [3.63, 3.8) is 0 Å². The first-order chi connectivity index (χ1) is 4.85. The van der Waals surface area contributed by atoms with E-state index in [0.29, 0.717) is 5.92 Å². The Hall–Kier alpha value is -0.510. The number of nitrogens with zero attached hydrogens (tertiary/aromatic N) is 1. The Balaban J connectivity index is 0. The second kappa shape index (κ2) is 11.3. The summed E-state index contributed by atoms with van der Waals surface area (Å²) < 4.78 is 0. The van der Waals surface area contributed by atoms with E-state index in [1.807, 2.05) is 13.8 Å². The Labute approximate surface area is 65.1 Å². The normalized spacial score (nSPS) is 10.7. The zero-order chi connectivity index (χ0) is 8.41. The monoisotopic (exact) mass is 141 g/mol. The van der Waals surface area contributed by atoms with Gasteiger partial charge in [0.2, 0.25) is 0 Å². The van der Waals surface area contributed by atoms with Gasteiger partial charge in [0.05, 0.1) is 6.07 Å². The molecule has 60 valence electrons. The topological polar surface area (TPSA) is 23.8 Å². The van der Waals surface area contributed by atoms with Crippen LogP contribution in [0.15, 0.2) is 0 Å². The fourth-order valence-electron chi connectivity index (χ4n) is 0.708. The lowest BCUT2D eigenvalue weighted by Crippen LogP contribution is -1.91. The average Bonchev–Trinajstić information content (AvgIpc) is 2.04. The van der Waals surface area contributed by atoms with Crippen LogP contribution in [-0.4, -0.2) is 0 Å². The smallest absolute Gasteiger partial charge is 0.0655 e. The predicted octanol–water partition coefficient (Wildman–Crippen LogP) is 3.36. The Morgan fingerprint density at radius 2 is 1.80 bits per heavy atom. The van der Waals surface area contributed by atoms with Gasteiger partial charge < -0.3 is 0 Å². The summed E-state index contributed by atoms with van der Waals surface area (Å²) in [5.41, 5.74) is 0. The van der Waals surface area contributed by atoms with Crippen LogP contribution in [0.2, 0.25) is 0 Å². The summed E-state index contributed by atoms with van der Waals surface area (Å²) in [7, 11) is 0. The highest BCUT2D eigenvalue weighted by molar-refractivity contribution is 4.80. The van der Waals surface area contributed by atoms with E-state index < -0.39 is 0 Å². The fourth-order valence-corrected chi connectivity index (χ4v) is 0.708. The largest absolute Gasteiger partial charge is 0.198 e. The van der Waals surface area contributed by atoms with Crippen LogP contribution in [0.25, 0.3) is 0 Å². The highest BCUT2D eigenvalue weighted by Crippen LogP contribution is 2.07.